The van der Waals surface area contributed by atoms with Gasteiger partial charge < -0.3 is 9.73 Å². The van der Waals surface area contributed by atoms with Crippen molar-refractivity contribution in [2.45, 2.75) is 25.0 Å². The summed E-state index contributed by atoms with van der Waals surface area (Å²) in [5.41, 5.74) is 3.17. The number of carbonyl (C=O) groups excluding carboxylic acids is 1. The standard InChI is InChI=1S/C22H21N5O2S2/c1-3-11-27-20(18-6-5-12-29-18)25-26-22(27)31-14-19(28)24-21-23-17(13-30-21)16-9-7-15(4-2)8-10-16/h3,5-10,12-13H,1,4,11,14H2,2H3,(H,23,24,28). The summed E-state index contributed by atoms with van der Waals surface area (Å²) in [6.45, 7) is 6.42. The van der Waals surface area contributed by atoms with Crippen LogP contribution in [0.4, 0.5) is 5.13 Å². The minimum absolute atomic E-state index is 0.153. The highest BCUT2D eigenvalue weighted by atomic mass is 32.2. The molecular weight excluding hydrogens is 430 g/mol. The normalized spacial score (nSPS) is 10.9. The first kappa shape index (κ1) is 21.1. The molecule has 158 valence electrons. The van der Waals surface area contributed by atoms with E-state index in [9.17, 15) is 4.79 Å². The average molecular weight is 452 g/mol. The maximum absolute atomic E-state index is 12.5. The van der Waals surface area contributed by atoms with Crippen molar-refractivity contribution in [1.29, 1.82) is 0 Å². The van der Waals surface area contributed by atoms with Crippen LogP contribution in [0.2, 0.25) is 0 Å². The molecule has 0 atom stereocenters. The molecule has 0 bridgehead atoms. The van der Waals surface area contributed by atoms with E-state index in [2.05, 4.69) is 58.3 Å². The smallest absolute Gasteiger partial charge is 0.236 e. The first-order valence-corrected chi connectivity index (χ1v) is 11.6. The van der Waals surface area contributed by atoms with E-state index in [1.54, 1.807) is 18.4 Å². The molecule has 0 saturated heterocycles. The van der Waals surface area contributed by atoms with Gasteiger partial charge in [-0.15, -0.1) is 28.1 Å². The lowest BCUT2D eigenvalue weighted by molar-refractivity contribution is -0.113. The third-order valence-corrected chi connectivity index (χ3v) is 6.24. The predicted molar refractivity (Wildman–Crippen MR) is 124 cm³/mol. The first-order valence-electron chi connectivity index (χ1n) is 9.73. The minimum atomic E-state index is -0.153. The Morgan fingerprint density at radius 2 is 2.13 bits per heavy atom. The second kappa shape index (κ2) is 9.76. The van der Waals surface area contributed by atoms with Crippen molar-refractivity contribution in [2.75, 3.05) is 11.1 Å². The second-order valence-electron chi connectivity index (χ2n) is 6.61. The molecule has 3 aromatic heterocycles. The zero-order chi connectivity index (χ0) is 21.6. The van der Waals surface area contributed by atoms with Crippen molar-refractivity contribution < 1.29 is 9.21 Å². The fraction of sp³-hybridized carbons (Fsp3) is 0.182. The molecular formula is C22H21N5O2S2. The Balaban J connectivity index is 1.39. The van der Waals surface area contributed by atoms with Gasteiger partial charge in [0, 0.05) is 17.5 Å². The van der Waals surface area contributed by atoms with Gasteiger partial charge in [0.05, 0.1) is 17.7 Å². The van der Waals surface area contributed by atoms with Gasteiger partial charge in [0.1, 0.15) is 0 Å². The Kier molecular flexibility index (Phi) is 6.63. The van der Waals surface area contributed by atoms with Crippen LogP contribution in [-0.4, -0.2) is 31.4 Å². The highest BCUT2D eigenvalue weighted by Gasteiger charge is 2.17. The number of nitrogens with zero attached hydrogens (tertiary/aromatic N) is 4. The molecule has 0 aliphatic heterocycles. The van der Waals surface area contributed by atoms with Crippen LogP contribution >= 0.6 is 23.1 Å². The lowest BCUT2D eigenvalue weighted by Crippen LogP contribution is -2.14. The Morgan fingerprint density at radius 3 is 2.84 bits per heavy atom. The summed E-state index contributed by atoms with van der Waals surface area (Å²) in [5, 5.41) is 14.4. The van der Waals surface area contributed by atoms with Crippen LogP contribution in [0.15, 0.2) is 70.3 Å². The molecule has 4 aromatic rings. The Hall–Kier alpha value is -3.17. The number of rotatable bonds is 9. The molecule has 1 aromatic carbocycles. The molecule has 0 spiro atoms. The number of carbonyl (C=O) groups is 1. The molecule has 9 heteroatoms. The van der Waals surface area contributed by atoms with E-state index in [1.807, 2.05) is 16.0 Å². The lowest BCUT2D eigenvalue weighted by atomic mass is 10.1. The zero-order valence-corrected chi connectivity index (χ0v) is 18.6. The quantitative estimate of drug-likeness (QED) is 0.280. The molecule has 0 radical (unpaired) electrons. The van der Waals surface area contributed by atoms with Gasteiger partial charge in [-0.2, -0.15) is 0 Å². The van der Waals surface area contributed by atoms with Crippen molar-refractivity contribution in [3.8, 4) is 22.8 Å². The van der Waals surface area contributed by atoms with Gasteiger partial charge in [-0.1, -0.05) is 49.0 Å². The number of thiazole rings is 1. The number of furan rings is 1. The number of nitrogens with one attached hydrogen (secondary N) is 1. The number of aryl methyl sites for hydroxylation is 1. The molecule has 3 heterocycles. The number of allylic oxidation sites excluding steroid dienone is 1. The topological polar surface area (TPSA) is 85.8 Å². The SMILES string of the molecule is C=CCn1c(SCC(=O)Nc2nc(-c3ccc(CC)cc3)cs2)nnc1-c1ccco1. The van der Waals surface area contributed by atoms with Crippen molar-refractivity contribution >= 4 is 34.1 Å². The van der Waals surface area contributed by atoms with E-state index >= 15 is 0 Å². The molecule has 7 nitrogen and oxygen atoms in total. The first-order chi connectivity index (χ1) is 15.2. The van der Waals surface area contributed by atoms with E-state index < -0.39 is 0 Å². The number of amides is 1. The number of hydrogen-bond acceptors (Lipinski definition) is 7. The summed E-state index contributed by atoms with van der Waals surface area (Å²) in [6, 6.07) is 11.9. The summed E-state index contributed by atoms with van der Waals surface area (Å²) in [6.07, 6.45) is 4.34. The second-order valence-corrected chi connectivity index (χ2v) is 8.41. The van der Waals surface area contributed by atoms with Crippen LogP contribution in [0.5, 0.6) is 0 Å². The molecule has 31 heavy (non-hydrogen) atoms. The number of aromatic nitrogens is 4. The molecule has 1 N–H and O–H groups in total. The summed E-state index contributed by atoms with van der Waals surface area (Å²) < 4.78 is 7.29. The molecule has 1 amide bonds. The highest BCUT2D eigenvalue weighted by Crippen LogP contribution is 2.27. The summed E-state index contributed by atoms with van der Waals surface area (Å²) in [7, 11) is 0. The molecule has 4 rings (SSSR count). The summed E-state index contributed by atoms with van der Waals surface area (Å²) in [4.78, 5) is 17.0. The number of thioether (sulfide) groups is 1. The monoisotopic (exact) mass is 451 g/mol. The zero-order valence-electron chi connectivity index (χ0n) is 16.9. The highest BCUT2D eigenvalue weighted by molar-refractivity contribution is 7.99. The fourth-order valence-corrected chi connectivity index (χ4v) is 4.42. The van der Waals surface area contributed by atoms with Crippen LogP contribution in [0.3, 0.4) is 0 Å². The van der Waals surface area contributed by atoms with Gasteiger partial charge in [0.15, 0.2) is 16.0 Å². The Bertz CT molecular complexity index is 1160. The maximum Gasteiger partial charge on any atom is 0.236 e. The van der Waals surface area contributed by atoms with E-state index in [0.717, 1.165) is 17.7 Å². The Morgan fingerprint density at radius 1 is 1.29 bits per heavy atom. The van der Waals surface area contributed by atoms with E-state index in [1.165, 1.54) is 28.7 Å². The van der Waals surface area contributed by atoms with Gasteiger partial charge in [0.2, 0.25) is 11.7 Å². The number of hydrogen-bond donors (Lipinski definition) is 1. The van der Waals surface area contributed by atoms with Gasteiger partial charge in [-0.3, -0.25) is 9.36 Å². The van der Waals surface area contributed by atoms with Crippen LogP contribution in [0.25, 0.3) is 22.8 Å². The molecule has 0 unspecified atom stereocenters. The van der Waals surface area contributed by atoms with E-state index in [0.29, 0.717) is 28.4 Å². The summed E-state index contributed by atoms with van der Waals surface area (Å²) in [5.74, 6) is 1.26. The van der Waals surface area contributed by atoms with E-state index in [4.69, 9.17) is 4.42 Å². The third-order valence-electron chi connectivity index (χ3n) is 4.51. The summed E-state index contributed by atoms with van der Waals surface area (Å²) >= 11 is 2.71. The van der Waals surface area contributed by atoms with Crippen molar-refractivity contribution in [1.82, 2.24) is 19.7 Å². The predicted octanol–water partition coefficient (Wildman–Crippen LogP) is 5.14. The van der Waals surface area contributed by atoms with Crippen molar-refractivity contribution in [2.24, 2.45) is 0 Å². The third kappa shape index (κ3) is 4.95. The van der Waals surface area contributed by atoms with Gasteiger partial charge in [-0.05, 0) is 24.1 Å². The van der Waals surface area contributed by atoms with Gasteiger partial charge in [0.25, 0.3) is 0 Å². The van der Waals surface area contributed by atoms with Crippen LogP contribution in [-0.2, 0) is 17.8 Å². The van der Waals surface area contributed by atoms with Crippen LogP contribution in [0.1, 0.15) is 12.5 Å². The van der Waals surface area contributed by atoms with Crippen LogP contribution < -0.4 is 5.32 Å². The molecule has 0 aliphatic rings. The van der Waals surface area contributed by atoms with E-state index in [-0.39, 0.29) is 11.7 Å². The largest absolute Gasteiger partial charge is 0.461 e. The van der Waals surface area contributed by atoms with Crippen LogP contribution in [0, 0.1) is 0 Å². The average Bonchev–Trinajstić information content (AvgIpc) is 3.54. The minimum Gasteiger partial charge on any atom is -0.461 e. The lowest BCUT2D eigenvalue weighted by Gasteiger charge is -2.06. The van der Waals surface area contributed by atoms with Crippen molar-refractivity contribution in [3.05, 3.63) is 66.3 Å². The number of benzene rings is 1. The Labute approximate surface area is 188 Å². The van der Waals surface area contributed by atoms with Gasteiger partial charge >= 0.3 is 0 Å². The fourth-order valence-electron chi connectivity index (χ4n) is 2.94. The molecule has 0 aliphatic carbocycles. The maximum atomic E-state index is 12.5. The van der Waals surface area contributed by atoms with Gasteiger partial charge in [-0.25, -0.2) is 4.98 Å². The molecule has 0 fully saturated rings. The number of anilines is 1. The van der Waals surface area contributed by atoms with Crippen molar-refractivity contribution in [3.63, 3.8) is 0 Å². The molecule has 0 saturated carbocycles.